The van der Waals surface area contributed by atoms with Crippen molar-refractivity contribution in [3.63, 3.8) is 0 Å². The Bertz CT molecular complexity index is 487. The van der Waals surface area contributed by atoms with Crippen LogP contribution >= 0.6 is 0 Å². The van der Waals surface area contributed by atoms with Crippen LogP contribution in [-0.4, -0.2) is 53.8 Å². The van der Waals surface area contributed by atoms with E-state index in [4.69, 9.17) is 13.6 Å². The summed E-state index contributed by atoms with van der Waals surface area (Å²) < 4.78 is 20.8. The van der Waals surface area contributed by atoms with Gasteiger partial charge in [0.1, 0.15) is 6.10 Å². The smallest absolute Gasteiger partial charge is 0.201 e. The largest absolute Gasteiger partial charge is 0.410 e. The molecule has 0 saturated heterocycles. The molecule has 1 N–H and O–H groups in total. The van der Waals surface area contributed by atoms with E-state index in [1.165, 1.54) is 12.8 Å². The van der Waals surface area contributed by atoms with Crippen LogP contribution in [-0.2, 0) is 13.6 Å². The summed E-state index contributed by atoms with van der Waals surface area (Å²) >= 11 is 0. The van der Waals surface area contributed by atoms with Gasteiger partial charge in [-0.15, -0.1) is 0 Å². The van der Waals surface area contributed by atoms with Gasteiger partial charge in [-0.25, -0.2) is 0 Å². The van der Waals surface area contributed by atoms with E-state index in [0.29, 0.717) is 33.2 Å². The molecule has 206 valence electrons. The molecule has 0 aliphatic carbocycles. The van der Waals surface area contributed by atoms with Gasteiger partial charge in [0, 0.05) is 7.11 Å². The van der Waals surface area contributed by atoms with E-state index in [-0.39, 0.29) is 24.9 Å². The van der Waals surface area contributed by atoms with Gasteiger partial charge in [0.15, 0.2) is 0 Å². The van der Waals surface area contributed by atoms with Crippen LogP contribution in [0.1, 0.15) is 116 Å². The molecule has 0 amide bonds. The van der Waals surface area contributed by atoms with Crippen molar-refractivity contribution in [3.8, 4) is 0 Å². The first-order valence-corrected chi connectivity index (χ1v) is 18.5. The van der Waals surface area contributed by atoms with Gasteiger partial charge in [-0.3, -0.25) is 0 Å². The van der Waals surface area contributed by atoms with E-state index >= 15 is 0 Å². The zero-order chi connectivity index (χ0) is 26.9. The molecular formula is C28H62O4Si2. The molecule has 0 aromatic carbocycles. The fraction of sp³-hybridized carbons (Fsp3) is 1.00. The van der Waals surface area contributed by atoms with Crippen molar-refractivity contribution in [3.05, 3.63) is 0 Å². The summed E-state index contributed by atoms with van der Waals surface area (Å²) in [7, 11) is -2.64. The molecule has 6 heteroatoms. The van der Waals surface area contributed by atoms with Crippen molar-refractivity contribution in [1.82, 2.24) is 0 Å². The second kappa shape index (κ2) is 15.5. The average molecular weight is 519 g/mol. The normalized spacial score (nSPS) is 16.5. The van der Waals surface area contributed by atoms with E-state index in [1.807, 2.05) is 0 Å². The Morgan fingerprint density at radius 2 is 0.971 bits per heavy atom. The van der Waals surface area contributed by atoms with Gasteiger partial charge in [0.25, 0.3) is 0 Å². The summed E-state index contributed by atoms with van der Waals surface area (Å²) in [5, 5.41) is 10.4. The number of aliphatic hydroxyl groups is 1. The van der Waals surface area contributed by atoms with Gasteiger partial charge < -0.3 is 18.7 Å². The predicted molar refractivity (Wildman–Crippen MR) is 154 cm³/mol. The highest BCUT2D eigenvalue weighted by molar-refractivity contribution is 6.78. The van der Waals surface area contributed by atoms with Gasteiger partial charge >= 0.3 is 0 Å². The third-order valence-corrected chi connectivity index (χ3v) is 20.6. The highest BCUT2D eigenvalue weighted by Crippen LogP contribution is 2.47. The first kappa shape index (κ1) is 34.3. The quantitative estimate of drug-likeness (QED) is 0.146. The molecule has 0 bridgehead atoms. The van der Waals surface area contributed by atoms with Crippen molar-refractivity contribution in [2.75, 3.05) is 13.7 Å². The maximum Gasteiger partial charge on any atom is 0.201 e. The number of unbranched alkanes of at least 4 members (excludes halogenated alkanes) is 2. The number of ether oxygens (including phenoxy) is 1. The summed E-state index contributed by atoms with van der Waals surface area (Å²) in [5.41, 5.74) is 2.89. The average Bonchev–Trinajstić information content (AvgIpc) is 2.72. The van der Waals surface area contributed by atoms with Crippen molar-refractivity contribution < 1.29 is 18.7 Å². The SMILES string of the molecule is CCCCCC(O[Si](C(C)C)(C(C)C)C(C)C)C(O[Si](C(C)C)(C(C)C)C(C)C)C(CO)OC. The number of rotatable bonds is 18. The monoisotopic (exact) mass is 518 g/mol. The summed E-state index contributed by atoms with van der Waals surface area (Å²) in [6.45, 7) is 30.2. The lowest BCUT2D eigenvalue weighted by Gasteiger charge is -2.50. The van der Waals surface area contributed by atoms with Crippen molar-refractivity contribution in [2.24, 2.45) is 0 Å². The van der Waals surface area contributed by atoms with Crippen LogP contribution < -0.4 is 0 Å². The van der Waals surface area contributed by atoms with Gasteiger partial charge in [-0.2, -0.15) is 0 Å². The van der Waals surface area contributed by atoms with E-state index < -0.39 is 16.6 Å². The number of hydrogen-bond acceptors (Lipinski definition) is 4. The standard InChI is InChI=1S/C28H62O4Si2/c1-15-16-17-18-26(31-33(20(2)3,21(4)5)22(6)7)28(27(19-29)30-14)32-34(23(8)9,24(10)11)25(12)13/h20-29H,15-19H2,1-14H3. The molecule has 0 aliphatic heterocycles. The number of methoxy groups -OCH3 is 1. The minimum atomic E-state index is -2.21. The summed E-state index contributed by atoms with van der Waals surface area (Å²) in [4.78, 5) is 0. The minimum absolute atomic E-state index is 0.0485. The lowest BCUT2D eigenvalue weighted by atomic mass is 10.0. The molecule has 0 fully saturated rings. The second-order valence-electron chi connectivity index (χ2n) is 12.3. The summed E-state index contributed by atoms with van der Waals surface area (Å²) in [5.74, 6) is 0. The molecular weight excluding hydrogens is 456 g/mol. The molecule has 0 saturated carbocycles. The lowest BCUT2D eigenvalue weighted by molar-refractivity contribution is -0.0858. The summed E-state index contributed by atoms with van der Waals surface area (Å²) in [6.07, 6.45) is 3.73. The summed E-state index contributed by atoms with van der Waals surface area (Å²) in [6, 6.07) is 0. The molecule has 3 unspecified atom stereocenters. The van der Waals surface area contributed by atoms with Crippen LogP contribution in [0.5, 0.6) is 0 Å². The molecule has 34 heavy (non-hydrogen) atoms. The van der Waals surface area contributed by atoms with Gasteiger partial charge in [-0.1, -0.05) is 109 Å². The Morgan fingerprint density at radius 3 is 1.26 bits per heavy atom. The van der Waals surface area contributed by atoms with Crippen LogP contribution in [0.2, 0.25) is 33.2 Å². The Labute approximate surface area is 216 Å². The zero-order valence-corrected chi connectivity index (χ0v) is 27.4. The fourth-order valence-corrected chi connectivity index (χ4v) is 18.1. The molecule has 4 nitrogen and oxygen atoms in total. The molecule has 0 spiro atoms. The minimum Gasteiger partial charge on any atom is -0.410 e. The highest BCUT2D eigenvalue weighted by atomic mass is 28.4. The topological polar surface area (TPSA) is 47.9 Å². The van der Waals surface area contributed by atoms with Crippen LogP contribution in [0.25, 0.3) is 0 Å². The van der Waals surface area contributed by atoms with Crippen LogP contribution in [0.4, 0.5) is 0 Å². The molecule has 0 heterocycles. The van der Waals surface area contributed by atoms with Crippen LogP contribution in [0.15, 0.2) is 0 Å². The van der Waals surface area contributed by atoms with E-state index in [1.54, 1.807) is 7.11 Å². The Kier molecular flexibility index (Phi) is 15.6. The van der Waals surface area contributed by atoms with E-state index in [2.05, 4.69) is 90.0 Å². The first-order chi connectivity index (χ1) is 15.7. The Balaban J connectivity index is 6.77. The predicted octanol–water partition coefficient (Wildman–Crippen LogP) is 8.70. The lowest BCUT2D eigenvalue weighted by Crippen LogP contribution is -2.59. The molecule has 0 aromatic rings. The Hall–Kier alpha value is 0.274. The molecule has 0 rings (SSSR count). The van der Waals surface area contributed by atoms with Crippen molar-refractivity contribution in [1.29, 1.82) is 0 Å². The maximum atomic E-state index is 10.4. The van der Waals surface area contributed by atoms with Gasteiger partial charge in [-0.05, 0) is 39.7 Å². The maximum absolute atomic E-state index is 10.4. The Morgan fingerprint density at radius 1 is 0.588 bits per heavy atom. The van der Waals surface area contributed by atoms with Gasteiger partial charge in [0.2, 0.25) is 16.6 Å². The molecule has 3 atom stereocenters. The van der Waals surface area contributed by atoms with Gasteiger partial charge in [0.05, 0.1) is 18.8 Å². The second-order valence-corrected chi connectivity index (χ2v) is 23.1. The van der Waals surface area contributed by atoms with Crippen molar-refractivity contribution in [2.45, 2.75) is 167 Å². The van der Waals surface area contributed by atoms with Crippen LogP contribution in [0, 0.1) is 0 Å². The molecule has 0 radical (unpaired) electrons. The highest BCUT2D eigenvalue weighted by Gasteiger charge is 2.52. The van der Waals surface area contributed by atoms with Crippen LogP contribution in [0.3, 0.4) is 0 Å². The third-order valence-electron chi connectivity index (χ3n) is 8.42. The first-order valence-electron chi connectivity index (χ1n) is 14.2. The van der Waals surface area contributed by atoms with E-state index in [0.717, 1.165) is 12.8 Å². The zero-order valence-electron chi connectivity index (χ0n) is 25.4. The fourth-order valence-electron chi connectivity index (χ4n) is 6.90. The molecule has 0 aliphatic rings. The molecule has 0 aromatic heterocycles. The van der Waals surface area contributed by atoms with Crippen molar-refractivity contribution >= 4 is 16.6 Å². The number of aliphatic hydroxyl groups excluding tert-OH is 1. The third kappa shape index (κ3) is 7.88. The van der Waals surface area contributed by atoms with E-state index in [9.17, 15) is 5.11 Å². The number of hydrogen-bond donors (Lipinski definition) is 1.